The fraction of sp³-hybridized carbons (Fsp3) is 0.409. The number of benzene rings is 2. The standard InChI is InChI=1S/C22H27NO4/c1-13-14(2)20(26-4)9-8-19(13)22-12-17(23-15(3)24)11-21(27-22)16-6-5-7-18(25)10-16/h5-10,17,21-22,25H,11-12H2,1-4H3,(H,23,24)/t17-,21-,22+/m1/s1. The fourth-order valence-corrected chi connectivity index (χ4v) is 3.85. The predicted octanol–water partition coefficient (Wildman–Crippen LogP) is 4.12. The minimum Gasteiger partial charge on any atom is -0.508 e. The van der Waals surface area contributed by atoms with Crippen molar-refractivity contribution >= 4 is 5.91 Å². The van der Waals surface area contributed by atoms with E-state index in [0.717, 1.165) is 28.0 Å². The van der Waals surface area contributed by atoms with Crippen LogP contribution in [0.25, 0.3) is 0 Å². The average Bonchev–Trinajstić information content (AvgIpc) is 2.63. The molecule has 1 saturated heterocycles. The first-order valence-corrected chi connectivity index (χ1v) is 9.24. The molecule has 0 saturated carbocycles. The Labute approximate surface area is 160 Å². The van der Waals surface area contributed by atoms with Gasteiger partial charge in [0.15, 0.2) is 0 Å². The van der Waals surface area contributed by atoms with Gasteiger partial charge in [-0.25, -0.2) is 0 Å². The highest BCUT2D eigenvalue weighted by Gasteiger charge is 2.33. The highest BCUT2D eigenvalue weighted by atomic mass is 16.5. The maximum atomic E-state index is 11.6. The van der Waals surface area contributed by atoms with E-state index in [0.29, 0.717) is 12.8 Å². The monoisotopic (exact) mass is 369 g/mol. The maximum absolute atomic E-state index is 11.6. The van der Waals surface area contributed by atoms with Gasteiger partial charge in [0.1, 0.15) is 11.5 Å². The third-order valence-corrected chi connectivity index (χ3v) is 5.32. The number of phenolic OH excluding ortho intramolecular Hbond substituents is 1. The van der Waals surface area contributed by atoms with Crippen molar-refractivity contribution in [2.24, 2.45) is 0 Å². The molecule has 5 heteroatoms. The summed E-state index contributed by atoms with van der Waals surface area (Å²) >= 11 is 0. The van der Waals surface area contributed by atoms with Crippen LogP contribution in [0.3, 0.4) is 0 Å². The molecule has 27 heavy (non-hydrogen) atoms. The van der Waals surface area contributed by atoms with E-state index >= 15 is 0 Å². The molecular weight excluding hydrogens is 342 g/mol. The number of aromatic hydroxyl groups is 1. The predicted molar refractivity (Wildman–Crippen MR) is 104 cm³/mol. The summed E-state index contributed by atoms with van der Waals surface area (Å²) in [5.41, 5.74) is 4.25. The Morgan fingerprint density at radius 2 is 1.89 bits per heavy atom. The van der Waals surface area contributed by atoms with Crippen molar-refractivity contribution in [2.75, 3.05) is 7.11 Å². The highest BCUT2D eigenvalue weighted by molar-refractivity contribution is 5.73. The molecule has 2 aromatic carbocycles. The number of carbonyl (C=O) groups excluding carboxylic acids is 1. The van der Waals surface area contributed by atoms with Crippen molar-refractivity contribution in [2.45, 2.75) is 51.9 Å². The molecule has 2 N–H and O–H groups in total. The van der Waals surface area contributed by atoms with E-state index in [1.54, 1.807) is 19.2 Å². The second-order valence-corrected chi connectivity index (χ2v) is 7.18. The summed E-state index contributed by atoms with van der Waals surface area (Å²) in [5.74, 6) is 1.03. The number of carbonyl (C=O) groups is 1. The molecule has 3 rings (SSSR count). The first kappa shape index (κ1) is 19.2. The Balaban J connectivity index is 1.94. The van der Waals surface area contributed by atoms with Crippen LogP contribution in [0, 0.1) is 13.8 Å². The number of hydrogen-bond acceptors (Lipinski definition) is 4. The van der Waals surface area contributed by atoms with Gasteiger partial charge in [0.05, 0.1) is 19.3 Å². The van der Waals surface area contributed by atoms with Crippen molar-refractivity contribution in [3.05, 3.63) is 58.7 Å². The minimum atomic E-state index is -0.200. The molecule has 0 spiro atoms. The largest absolute Gasteiger partial charge is 0.508 e. The zero-order valence-corrected chi connectivity index (χ0v) is 16.3. The Morgan fingerprint density at radius 1 is 1.15 bits per heavy atom. The maximum Gasteiger partial charge on any atom is 0.217 e. The van der Waals surface area contributed by atoms with Crippen LogP contribution < -0.4 is 10.1 Å². The summed E-state index contributed by atoms with van der Waals surface area (Å²) in [4.78, 5) is 11.6. The summed E-state index contributed by atoms with van der Waals surface area (Å²) in [6.45, 7) is 5.65. The summed E-state index contributed by atoms with van der Waals surface area (Å²) < 4.78 is 11.9. The van der Waals surface area contributed by atoms with Gasteiger partial charge in [-0.15, -0.1) is 0 Å². The first-order chi connectivity index (χ1) is 12.9. The van der Waals surface area contributed by atoms with E-state index < -0.39 is 0 Å². The van der Waals surface area contributed by atoms with Crippen molar-refractivity contribution in [1.82, 2.24) is 5.32 Å². The lowest BCUT2D eigenvalue weighted by Gasteiger charge is -2.37. The molecular formula is C22H27NO4. The smallest absolute Gasteiger partial charge is 0.217 e. The van der Waals surface area contributed by atoms with E-state index in [-0.39, 0.29) is 29.9 Å². The zero-order chi connectivity index (χ0) is 19.6. The third kappa shape index (κ3) is 4.25. The van der Waals surface area contributed by atoms with E-state index in [4.69, 9.17) is 9.47 Å². The molecule has 144 valence electrons. The molecule has 0 unspecified atom stereocenters. The van der Waals surface area contributed by atoms with Crippen LogP contribution in [0.1, 0.15) is 54.2 Å². The molecule has 5 nitrogen and oxygen atoms in total. The van der Waals surface area contributed by atoms with E-state index in [1.165, 1.54) is 6.92 Å². The molecule has 0 aliphatic carbocycles. The summed E-state index contributed by atoms with van der Waals surface area (Å²) in [5, 5.41) is 12.9. The molecule has 1 aliphatic rings. The van der Waals surface area contributed by atoms with Gasteiger partial charge in [-0.3, -0.25) is 4.79 Å². The van der Waals surface area contributed by atoms with Crippen molar-refractivity contribution in [1.29, 1.82) is 0 Å². The lowest BCUT2D eigenvalue weighted by molar-refractivity contribution is -0.122. The van der Waals surface area contributed by atoms with Crippen molar-refractivity contribution in [3.63, 3.8) is 0 Å². The van der Waals surface area contributed by atoms with Gasteiger partial charge in [-0.05, 0) is 67.1 Å². The Hall–Kier alpha value is -2.53. The van der Waals surface area contributed by atoms with Crippen LogP contribution in [-0.2, 0) is 9.53 Å². The van der Waals surface area contributed by atoms with Crippen LogP contribution in [0.4, 0.5) is 0 Å². The molecule has 0 aromatic heterocycles. The summed E-state index contributed by atoms with van der Waals surface area (Å²) in [6, 6.07) is 11.2. The van der Waals surface area contributed by atoms with Crippen molar-refractivity contribution < 1.29 is 19.4 Å². The first-order valence-electron chi connectivity index (χ1n) is 9.24. The topological polar surface area (TPSA) is 67.8 Å². The Bertz CT molecular complexity index is 833. The number of ether oxygens (including phenoxy) is 2. The molecule has 0 radical (unpaired) electrons. The van der Waals surface area contributed by atoms with Gasteiger partial charge in [0.2, 0.25) is 5.91 Å². The van der Waals surface area contributed by atoms with Gasteiger partial charge >= 0.3 is 0 Å². The average molecular weight is 369 g/mol. The number of phenols is 1. The van der Waals surface area contributed by atoms with Crippen LogP contribution in [0.2, 0.25) is 0 Å². The zero-order valence-electron chi connectivity index (χ0n) is 16.3. The molecule has 1 aliphatic heterocycles. The fourth-order valence-electron chi connectivity index (χ4n) is 3.85. The Morgan fingerprint density at radius 3 is 2.56 bits per heavy atom. The van der Waals surface area contributed by atoms with E-state index in [2.05, 4.69) is 12.2 Å². The lowest BCUT2D eigenvalue weighted by Crippen LogP contribution is -2.39. The molecule has 0 bridgehead atoms. The molecule has 3 atom stereocenters. The number of methoxy groups -OCH3 is 1. The highest BCUT2D eigenvalue weighted by Crippen LogP contribution is 2.41. The Kier molecular flexibility index (Phi) is 5.71. The van der Waals surface area contributed by atoms with E-state index in [1.807, 2.05) is 31.2 Å². The molecule has 1 fully saturated rings. The summed E-state index contributed by atoms with van der Waals surface area (Å²) in [6.07, 6.45) is 1.04. The number of rotatable bonds is 4. The van der Waals surface area contributed by atoms with Crippen LogP contribution in [0.15, 0.2) is 36.4 Å². The van der Waals surface area contributed by atoms with Crippen LogP contribution in [-0.4, -0.2) is 24.2 Å². The normalized spacial score (nSPS) is 22.3. The molecule has 1 amide bonds. The second kappa shape index (κ2) is 8.01. The quantitative estimate of drug-likeness (QED) is 0.851. The van der Waals surface area contributed by atoms with Gasteiger partial charge < -0.3 is 19.9 Å². The SMILES string of the molecule is COc1ccc([C@@H]2C[C@H](NC(C)=O)C[C@H](c3cccc(O)c3)O2)c(C)c1C. The number of amides is 1. The molecule has 1 heterocycles. The third-order valence-electron chi connectivity index (χ3n) is 5.32. The lowest BCUT2D eigenvalue weighted by atomic mass is 9.88. The van der Waals surface area contributed by atoms with Crippen LogP contribution >= 0.6 is 0 Å². The van der Waals surface area contributed by atoms with Gasteiger partial charge in [0.25, 0.3) is 0 Å². The minimum absolute atomic E-state index is 0.00964. The van der Waals surface area contributed by atoms with Crippen molar-refractivity contribution in [3.8, 4) is 11.5 Å². The van der Waals surface area contributed by atoms with Gasteiger partial charge in [-0.1, -0.05) is 18.2 Å². The van der Waals surface area contributed by atoms with Gasteiger partial charge in [-0.2, -0.15) is 0 Å². The van der Waals surface area contributed by atoms with Crippen LogP contribution in [0.5, 0.6) is 11.5 Å². The van der Waals surface area contributed by atoms with Gasteiger partial charge in [0, 0.05) is 13.0 Å². The number of nitrogens with one attached hydrogen (secondary N) is 1. The molecule has 2 aromatic rings. The number of hydrogen-bond donors (Lipinski definition) is 2. The van der Waals surface area contributed by atoms with E-state index in [9.17, 15) is 9.90 Å². The second-order valence-electron chi connectivity index (χ2n) is 7.18. The summed E-state index contributed by atoms with van der Waals surface area (Å²) in [7, 11) is 1.67.